The van der Waals surface area contributed by atoms with Crippen LogP contribution >= 0.6 is 11.8 Å². The largest absolute Gasteiger partial charge is 0.414 e. The van der Waals surface area contributed by atoms with Gasteiger partial charge in [-0.05, 0) is 30.4 Å². The van der Waals surface area contributed by atoms with Crippen LogP contribution in [0.5, 0.6) is 0 Å². The molecule has 4 nitrogen and oxygen atoms in total. The van der Waals surface area contributed by atoms with Crippen molar-refractivity contribution in [3.8, 4) is 0 Å². The van der Waals surface area contributed by atoms with E-state index in [-0.39, 0.29) is 6.04 Å². The maximum atomic E-state index is 6.04. The Morgan fingerprint density at radius 1 is 1.25 bits per heavy atom. The molecule has 2 N–H and O–H groups in total. The number of hydrogen-bond donors (Lipinski definition) is 1. The molecule has 0 aliphatic carbocycles. The summed E-state index contributed by atoms with van der Waals surface area (Å²) in [5, 5.41) is 8.68. The second-order valence-corrected chi connectivity index (χ2v) is 6.28. The molecule has 0 bridgehead atoms. The molecule has 0 aliphatic rings. The lowest BCUT2D eigenvalue weighted by Gasteiger charge is -2.08. The lowest BCUT2D eigenvalue weighted by atomic mass is 10.1. The Labute approximate surface area is 124 Å². The van der Waals surface area contributed by atoms with Crippen LogP contribution in [0.3, 0.4) is 0 Å². The Hall–Kier alpha value is -1.33. The normalized spacial score (nSPS) is 12.8. The van der Waals surface area contributed by atoms with Gasteiger partial charge in [-0.2, -0.15) is 0 Å². The van der Waals surface area contributed by atoms with Crippen LogP contribution in [0.1, 0.15) is 43.3 Å². The molecule has 0 saturated heterocycles. The summed E-state index contributed by atoms with van der Waals surface area (Å²) >= 11 is 1.55. The summed E-state index contributed by atoms with van der Waals surface area (Å²) in [6, 6.07) is 8.13. The smallest absolute Gasteiger partial charge is 0.276 e. The van der Waals surface area contributed by atoms with Crippen LogP contribution in [0, 0.1) is 12.8 Å². The monoisotopic (exact) mass is 291 g/mol. The molecule has 0 saturated carbocycles. The molecular formula is C15H21N3OS. The van der Waals surface area contributed by atoms with Gasteiger partial charge >= 0.3 is 0 Å². The second kappa shape index (κ2) is 6.90. The molecule has 1 aromatic carbocycles. The summed E-state index contributed by atoms with van der Waals surface area (Å²) in [5.74, 6) is 1.87. The standard InChI is InChI=1S/C15H21N3OS/c1-10(2)8-13(16)14-17-18-15(19-14)20-9-12-7-5-4-6-11(12)3/h4-7,10,13H,8-9,16H2,1-3H3. The van der Waals surface area contributed by atoms with E-state index >= 15 is 0 Å². The summed E-state index contributed by atoms with van der Waals surface area (Å²) in [6.45, 7) is 6.36. The summed E-state index contributed by atoms with van der Waals surface area (Å²) in [6.07, 6.45) is 0.851. The van der Waals surface area contributed by atoms with Crippen molar-refractivity contribution in [1.29, 1.82) is 0 Å². The minimum Gasteiger partial charge on any atom is -0.414 e. The molecule has 0 spiro atoms. The van der Waals surface area contributed by atoms with E-state index in [1.165, 1.54) is 11.1 Å². The highest BCUT2D eigenvalue weighted by Gasteiger charge is 2.16. The van der Waals surface area contributed by atoms with Crippen molar-refractivity contribution >= 4 is 11.8 Å². The zero-order chi connectivity index (χ0) is 14.5. The van der Waals surface area contributed by atoms with Crippen molar-refractivity contribution in [2.75, 3.05) is 0 Å². The molecule has 108 valence electrons. The summed E-state index contributed by atoms with van der Waals surface area (Å²) in [5.41, 5.74) is 8.59. The van der Waals surface area contributed by atoms with Gasteiger partial charge in [0, 0.05) is 5.75 Å². The first kappa shape index (κ1) is 15.1. The number of benzene rings is 1. The Balaban J connectivity index is 1.95. The Morgan fingerprint density at radius 2 is 2.00 bits per heavy atom. The first-order valence-electron chi connectivity index (χ1n) is 6.82. The van der Waals surface area contributed by atoms with Crippen molar-refractivity contribution in [1.82, 2.24) is 10.2 Å². The fourth-order valence-corrected chi connectivity index (χ4v) is 2.79. The third kappa shape index (κ3) is 4.08. The minimum atomic E-state index is -0.171. The third-order valence-corrected chi connectivity index (χ3v) is 3.94. The average molecular weight is 291 g/mol. The van der Waals surface area contributed by atoms with Crippen LogP contribution in [-0.2, 0) is 5.75 Å². The molecule has 0 amide bonds. The fraction of sp³-hybridized carbons (Fsp3) is 0.467. The van der Waals surface area contributed by atoms with Crippen molar-refractivity contribution in [2.45, 2.75) is 44.2 Å². The van der Waals surface area contributed by atoms with E-state index in [2.05, 4.69) is 43.1 Å². The van der Waals surface area contributed by atoms with Gasteiger partial charge in [-0.3, -0.25) is 0 Å². The molecular weight excluding hydrogens is 270 g/mol. The van der Waals surface area contributed by atoms with Crippen LogP contribution in [0.2, 0.25) is 0 Å². The topological polar surface area (TPSA) is 64.9 Å². The van der Waals surface area contributed by atoms with Gasteiger partial charge in [-0.25, -0.2) is 0 Å². The lowest BCUT2D eigenvalue weighted by Crippen LogP contribution is -2.13. The van der Waals surface area contributed by atoms with Gasteiger partial charge in [-0.15, -0.1) is 10.2 Å². The van der Waals surface area contributed by atoms with E-state index in [0.717, 1.165) is 12.2 Å². The average Bonchev–Trinajstić information content (AvgIpc) is 2.86. The highest BCUT2D eigenvalue weighted by molar-refractivity contribution is 7.98. The van der Waals surface area contributed by atoms with Gasteiger partial charge in [-0.1, -0.05) is 49.9 Å². The van der Waals surface area contributed by atoms with E-state index < -0.39 is 0 Å². The maximum Gasteiger partial charge on any atom is 0.276 e. The van der Waals surface area contributed by atoms with Crippen LogP contribution in [0.25, 0.3) is 0 Å². The summed E-state index contributed by atoms with van der Waals surface area (Å²) < 4.78 is 5.62. The molecule has 0 fully saturated rings. The zero-order valence-corrected chi connectivity index (χ0v) is 13.0. The van der Waals surface area contributed by atoms with E-state index in [1.54, 1.807) is 11.8 Å². The quantitative estimate of drug-likeness (QED) is 0.822. The predicted molar refractivity (Wildman–Crippen MR) is 81.4 cm³/mol. The van der Waals surface area contributed by atoms with Gasteiger partial charge in [0.05, 0.1) is 6.04 Å². The van der Waals surface area contributed by atoms with E-state index in [0.29, 0.717) is 17.0 Å². The van der Waals surface area contributed by atoms with Gasteiger partial charge in [0.1, 0.15) is 0 Å². The fourth-order valence-electron chi connectivity index (χ4n) is 1.95. The van der Waals surface area contributed by atoms with E-state index in [1.807, 2.05) is 12.1 Å². The number of aryl methyl sites for hydroxylation is 1. The molecule has 1 unspecified atom stereocenters. The first-order chi connectivity index (χ1) is 9.56. The number of thioether (sulfide) groups is 1. The Morgan fingerprint density at radius 3 is 2.70 bits per heavy atom. The van der Waals surface area contributed by atoms with Crippen molar-refractivity contribution in [3.63, 3.8) is 0 Å². The van der Waals surface area contributed by atoms with Crippen molar-refractivity contribution in [2.24, 2.45) is 11.7 Å². The molecule has 5 heteroatoms. The highest BCUT2D eigenvalue weighted by Crippen LogP contribution is 2.25. The van der Waals surface area contributed by atoms with Crippen LogP contribution in [0.4, 0.5) is 0 Å². The lowest BCUT2D eigenvalue weighted by molar-refractivity contribution is 0.361. The Bertz CT molecular complexity index is 554. The van der Waals surface area contributed by atoms with Crippen LogP contribution in [0.15, 0.2) is 33.9 Å². The van der Waals surface area contributed by atoms with Crippen LogP contribution < -0.4 is 5.73 Å². The summed E-state index contributed by atoms with van der Waals surface area (Å²) in [4.78, 5) is 0. The van der Waals surface area contributed by atoms with Gasteiger partial charge < -0.3 is 10.2 Å². The predicted octanol–water partition coefficient (Wildman–Crippen LogP) is 3.72. The third-order valence-electron chi connectivity index (χ3n) is 3.08. The molecule has 1 aromatic heterocycles. The number of nitrogens with two attached hydrogens (primary N) is 1. The Kier molecular flexibility index (Phi) is 5.20. The minimum absolute atomic E-state index is 0.171. The van der Waals surface area contributed by atoms with E-state index in [9.17, 15) is 0 Å². The first-order valence-corrected chi connectivity index (χ1v) is 7.81. The molecule has 1 atom stereocenters. The molecule has 0 aliphatic heterocycles. The second-order valence-electron chi connectivity index (χ2n) is 5.36. The number of nitrogens with zero attached hydrogens (tertiary/aromatic N) is 2. The molecule has 2 rings (SSSR count). The SMILES string of the molecule is Cc1ccccc1CSc1nnc(C(N)CC(C)C)o1. The van der Waals surface area contributed by atoms with E-state index in [4.69, 9.17) is 10.2 Å². The summed E-state index contributed by atoms with van der Waals surface area (Å²) in [7, 11) is 0. The van der Waals surface area contributed by atoms with Gasteiger partial charge in [0.25, 0.3) is 5.22 Å². The van der Waals surface area contributed by atoms with Gasteiger partial charge in [0.2, 0.25) is 5.89 Å². The molecule has 20 heavy (non-hydrogen) atoms. The number of rotatable bonds is 6. The number of hydrogen-bond acceptors (Lipinski definition) is 5. The highest BCUT2D eigenvalue weighted by atomic mass is 32.2. The zero-order valence-electron chi connectivity index (χ0n) is 12.2. The van der Waals surface area contributed by atoms with Crippen molar-refractivity contribution < 1.29 is 4.42 Å². The molecule has 1 heterocycles. The molecule has 2 aromatic rings. The molecule has 0 radical (unpaired) electrons. The van der Waals surface area contributed by atoms with Crippen LogP contribution in [-0.4, -0.2) is 10.2 Å². The van der Waals surface area contributed by atoms with Crippen molar-refractivity contribution in [3.05, 3.63) is 41.3 Å². The van der Waals surface area contributed by atoms with Gasteiger partial charge in [0.15, 0.2) is 0 Å². The number of aromatic nitrogens is 2. The maximum absolute atomic E-state index is 6.04.